The Bertz CT molecular complexity index is 284. The Kier molecular flexibility index (Phi) is 6.41. The van der Waals surface area contributed by atoms with Crippen molar-refractivity contribution in [2.24, 2.45) is 15.1 Å². The molecule has 0 aromatic carbocycles. The molecule has 0 aromatic rings. The van der Waals surface area contributed by atoms with Crippen LogP contribution >= 0.6 is 24.8 Å². The van der Waals surface area contributed by atoms with Gasteiger partial charge in [-0.3, -0.25) is 9.98 Å². The average Bonchev–Trinajstić information content (AvgIpc) is 2.92. The summed E-state index contributed by atoms with van der Waals surface area (Å²) in [6.45, 7) is 5.29. The molecule has 98 valence electrons. The first-order valence-electron chi connectivity index (χ1n) is 5.25. The molecule has 0 atom stereocenters. The molecule has 0 aliphatic carbocycles. The molecule has 0 unspecified atom stereocenters. The van der Waals surface area contributed by atoms with Crippen LogP contribution in [0.4, 0.5) is 0 Å². The Morgan fingerprint density at radius 2 is 1.65 bits per heavy atom. The summed E-state index contributed by atoms with van der Waals surface area (Å²) in [6.07, 6.45) is 4.36. The van der Waals surface area contributed by atoms with Crippen LogP contribution in [-0.4, -0.2) is 54.4 Å². The highest BCUT2D eigenvalue weighted by Gasteiger charge is 2.40. The zero-order valence-electron chi connectivity index (χ0n) is 9.74. The molecule has 0 fully saturated rings. The van der Waals surface area contributed by atoms with Gasteiger partial charge in [0, 0.05) is 19.5 Å². The molecule has 0 bridgehead atoms. The summed E-state index contributed by atoms with van der Waals surface area (Å²) in [5, 5.41) is 3.82. The molecule has 0 spiro atoms. The number of nitrogens with one attached hydrogen (secondary N) is 1. The van der Waals surface area contributed by atoms with Gasteiger partial charge in [0.25, 0.3) is 0 Å². The average molecular weight is 281 g/mol. The minimum atomic E-state index is -0.597. The van der Waals surface area contributed by atoms with E-state index < -0.39 is 5.79 Å². The molecule has 2 rings (SSSR count). The third-order valence-electron chi connectivity index (χ3n) is 2.96. The maximum Gasteiger partial charge on any atom is 0.230 e. The lowest BCUT2D eigenvalue weighted by atomic mass is 10.2. The van der Waals surface area contributed by atoms with Crippen LogP contribution in [0.2, 0.25) is 0 Å². The van der Waals surface area contributed by atoms with Crippen molar-refractivity contribution in [2.45, 2.75) is 19.1 Å². The molecule has 2 aliphatic heterocycles. The topological polar surface area (TPSA) is 67.4 Å². The molecule has 0 saturated carbocycles. The van der Waals surface area contributed by atoms with Gasteiger partial charge in [0.1, 0.15) is 0 Å². The summed E-state index contributed by atoms with van der Waals surface area (Å²) in [4.78, 5) is 12.4. The number of hydrogen-bond donors (Lipinski definition) is 1. The summed E-state index contributed by atoms with van der Waals surface area (Å²) in [5.74, 6) is -0.597. The van der Waals surface area contributed by atoms with Crippen LogP contribution in [0.15, 0.2) is 15.1 Å². The van der Waals surface area contributed by atoms with E-state index >= 15 is 0 Å². The van der Waals surface area contributed by atoms with Gasteiger partial charge in [-0.25, -0.2) is 5.53 Å². The van der Waals surface area contributed by atoms with Crippen LogP contribution in [-0.2, 0) is 0 Å². The maximum absolute atomic E-state index is 7.46. The second-order valence-electron chi connectivity index (χ2n) is 3.67. The molecule has 1 N–H and O–H groups in total. The Balaban J connectivity index is 0.00000128. The number of hydrogen-bond acceptors (Lipinski definition) is 6. The Morgan fingerprint density at radius 1 is 1.18 bits per heavy atom. The van der Waals surface area contributed by atoms with Crippen molar-refractivity contribution < 1.29 is 0 Å². The summed E-state index contributed by atoms with van der Waals surface area (Å²) < 4.78 is 0. The van der Waals surface area contributed by atoms with E-state index in [-0.39, 0.29) is 24.8 Å². The maximum atomic E-state index is 7.46. The number of nitrogens with zero attached hydrogens (tertiary/aromatic N) is 5. The number of halogens is 2. The third-order valence-corrected chi connectivity index (χ3v) is 2.96. The molecule has 17 heavy (non-hydrogen) atoms. The van der Waals surface area contributed by atoms with E-state index in [1.807, 2.05) is 16.7 Å². The van der Waals surface area contributed by atoms with Crippen molar-refractivity contribution in [2.75, 3.05) is 26.2 Å². The van der Waals surface area contributed by atoms with Gasteiger partial charge in [-0.15, -0.1) is 29.9 Å². The van der Waals surface area contributed by atoms with Crippen molar-refractivity contribution in [1.29, 1.82) is 5.53 Å². The fraction of sp³-hybridized carbons (Fsp3) is 0.778. The van der Waals surface area contributed by atoms with Gasteiger partial charge < -0.3 is 9.80 Å². The van der Waals surface area contributed by atoms with Gasteiger partial charge >= 0.3 is 0 Å². The second-order valence-corrected chi connectivity index (χ2v) is 3.67. The van der Waals surface area contributed by atoms with Crippen LogP contribution in [0.1, 0.15) is 13.3 Å². The molecule has 0 amide bonds. The zero-order valence-corrected chi connectivity index (χ0v) is 11.4. The summed E-state index contributed by atoms with van der Waals surface area (Å²) >= 11 is 0. The quantitative estimate of drug-likeness (QED) is 0.795. The second kappa shape index (κ2) is 6.76. The normalized spacial score (nSPS) is 17.9. The van der Waals surface area contributed by atoms with Gasteiger partial charge in [-0.2, -0.15) is 0 Å². The van der Waals surface area contributed by atoms with Crippen LogP contribution in [0.25, 0.3) is 0 Å². The van der Waals surface area contributed by atoms with Gasteiger partial charge in [0.05, 0.1) is 25.8 Å². The standard InChI is InChI=1S/C9H16N6.2ClH/c1-2-9(13-10,14-5-3-11-7-14)15-6-4-12-8-15;;/h7-8,10H,2-6H2,1H3;2*1H. The van der Waals surface area contributed by atoms with Crippen molar-refractivity contribution >= 4 is 37.5 Å². The van der Waals surface area contributed by atoms with Gasteiger partial charge in [-0.05, 0) is 0 Å². The molecule has 8 heteroatoms. The predicted molar refractivity (Wildman–Crippen MR) is 72.8 cm³/mol. The zero-order chi connectivity index (χ0) is 10.7. The largest absolute Gasteiger partial charge is 0.318 e. The molecular formula is C9H18Cl2N6. The monoisotopic (exact) mass is 280 g/mol. The molecular weight excluding hydrogens is 263 g/mol. The van der Waals surface area contributed by atoms with E-state index in [9.17, 15) is 0 Å². The van der Waals surface area contributed by atoms with Crippen LogP contribution in [0, 0.1) is 5.53 Å². The third kappa shape index (κ3) is 2.69. The van der Waals surface area contributed by atoms with E-state index in [2.05, 4.69) is 15.1 Å². The minimum absolute atomic E-state index is 0. The Morgan fingerprint density at radius 3 is 1.88 bits per heavy atom. The Hall–Kier alpha value is -0.880. The van der Waals surface area contributed by atoms with Crippen molar-refractivity contribution in [3.63, 3.8) is 0 Å². The first-order chi connectivity index (χ1) is 7.33. The molecule has 0 aromatic heterocycles. The van der Waals surface area contributed by atoms with E-state index in [0.29, 0.717) is 0 Å². The summed E-state index contributed by atoms with van der Waals surface area (Å²) in [7, 11) is 0. The molecule has 2 aliphatic rings. The molecule has 0 radical (unpaired) electrons. The highest BCUT2D eigenvalue weighted by molar-refractivity contribution is 5.85. The number of rotatable bonds is 4. The lowest BCUT2D eigenvalue weighted by Crippen LogP contribution is -2.57. The van der Waals surface area contributed by atoms with E-state index in [0.717, 1.165) is 32.6 Å². The van der Waals surface area contributed by atoms with Crippen LogP contribution < -0.4 is 0 Å². The minimum Gasteiger partial charge on any atom is -0.318 e. The highest BCUT2D eigenvalue weighted by Crippen LogP contribution is 2.26. The lowest BCUT2D eigenvalue weighted by Gasteiger charge is -2.41. The predicted octanol–water partition coefficient (Wildman–Crippen LogP) is 1.61. The fourth-order valence-corrected chi connectivity index (χ4v) is 2.08. The first kappa shape index (κ1) is 16.1. The summed E-state index contributed by atoms with van der Waals surface area (Å²) in [5.41, 5.74) is 7.46. The van der Waals surface area contributed by atoms with Crippen molar-refractivity contribution in [1.82, 2.24) is 9.80 Å². The fourth-order valence-electron chi connectivity index (χ4n) is 2.08. The van der Waals surface area contributed by atoms with Crippen LogP contribution in [0.3, 0.4) is 0 Å². The first-order valence-corrected chi connectivity index (χ1v) is 5.25. The summed E-state index contributed by atoms with van der Waals surface area (Å²) in [6, 6.07) is 0. The van der Waals surface area contributed by atoms with Gasteiger partial charge in [-0.1, -0.05) is 6.92 Å². The highest BCUT2D eigenvalue weighted by atomic mass is 35.5. The SMILES string of the molecule is CCC(N=N)(N1C=NCC1)N1C=NCC1.Cl.Cl. The molecule has 0 saturated heterocycles. The van der Waals surface area contributed by atoms with Crippen molar-refractivity contribution in [3.8, 4) is 0 Å². The van der Waals surface area contributed by atoms with Gasteiger partial charge in [0.15, 0.2) is 0 Å². The number of aliphatic imine (C=N–C) groups is 2. The Labute approximate surface area is 114 Å². The molecule has 2 heterocycles. The van der Waals surface area contributed by atoms with E-state index in [1.165, 1.54) is 0 Å². The van der Waals surface area contributed by atoms with Crippen LogP contribution in [0.5, 0.6) is 0 Å². The van der Waals surface area contributed by atoms with E-state index in [4.69, 9.17) is 5.53 Å². The smallest absolute Gasteiger partial charge is 0.230 e. The lowest BCUT2D eigenvalue weighted by molar-refractivity contribution is 0.0473. The van der Waals surface area contributed by atoms with Gasteiger partial charge in [0.2, 0.25) is 5.79 Å². The van der Waals surface area contributed by atoms with E-state index in [1.54, 1.807) is 12.7 Å². The van der Waals surface area contributed by atoms with Crippen molar-refractivity contribution in [3.05, 3.63) is 0 Å². The molecule has 6 nitrogen and oxygen atoms in total.